The van der Waals surface area contributed by atoms with Crippen LogP contribution in [0.1, 0.15) is 33.9 Å². The molecule has 0 amide bonds. The normalized spacial score (nSPS) is 25.9. The summed E-state index contributed by atoms with van der Waals surface area (Å²) in [4.78, 5) is 22.4. The van der Waals surface area contributed by atoms with E-state index >= 15 is 0 Å². The molecule has 3 unspecified atom stereocenters. The molecule has 2 aromatic rings. The molecule has 3 heterocycles. The zero-order valence-electron chi connectivity index (χ0n) is 14.1. The van der Waals surface area contributed by atoms with Gasteiger partial charge in [-0.25, -0.2) is 9.97 Å². The van der Waals surface area contributed by atoms with Crippen LogP contribution in [-0.4, -0.2) is 55.3 Å². The second kappa shape index (κ2) is 6.25. The monoisotopic (exact) mass is 338 g/mol. The van der Waals surface area contributed by atoms with Crippen molar-refractivity contribution in [3.63, 3.8) is 0 Å². The number of nitrogens with zero attached hydrogens (tertiary/aromatic N) is 3. The Hall–Kier alpha value is -1.81. The van der Waals surface area contributed by atoms with E-state index in [4.69, 9.17) is 14.2 Å². The van der Waals surface area contributed by atoms with E-state index in [1.54, 1.807) is 11.5 Å². The lowest BCUT2D eigenvalue weighted by molar-refractivity contribution is -0.173. The van der Waals surface area contributed by atoms with E-state index in [1.807, 2.05) is 20.8 Å². The maximum atomic E-state index is 11.7. The minimum absolute atomic E-state index is 0.218. The van der Waals surface area contributed by atoms with Gasteiger partial charge < -0.3 is 24.3 Å². The Morgan fingerprint density at radius 3 is 2.83 bits per heavy atom. The first-order valence-corrected chi connectivity index (χ1v) is 7.84. The third kappa shape index (κ3) is 3.07. The van der Waals surface area contributed by atoms with Gasteiger partial charge >= 0.3 is 0 Å². The molecule has 0 aliphatic carbocycles. The van der Waals surface area contributed by atoms with Crippen LogP contribution in [-0.2, 0) is 14.2 Å². The van der Waals surface area contributed by atoms with E-state index in [1.165, 1.54) is 12.7 Å². The summed E-state index contributed by atoms with van der Waals surface area (Å²) in [5.74, 6) is -0.722. The molecular weight excluding hydrogens is 316 g/mol. The molecule has 2 N–H and O–H groups in total. The van der Waals surface area contributed by atoms with E-state index in [0.29, 0.717) is 5.65 Å². The van der Waals surface area contributed by atoms with Crippen LogP contribution in [0.2, 0.25) is 0 Å². The van der Waals surface area contributed by atoms with Crippen molar-refractivity contribution in [2.75, 3.05) is 6.61 Å². The molecule has 9 heteroatoms. The molecule has 0 bridgehead atoms. The van der Waals surface area contributed by atoms with Gasteiger partial charge in [0.15, 0.2) is 17.0 Å². The van der Waals surface area contributed by atoms with Gasteiger partial charge in [0, 0.05) is 0 Å². The van der Waals surface area contributed by atoms with Crippen molar-refractivity contribution in [3.05, 3.63) is 23.0 Å². The van der Waals surface area contributed by atoms with Gasteiger partial charge in [-0.2, -0.15) is 0 Å². The first-order valence-electron chi connectivity index (χ1n) is 7.84. The first-order chi connectivity index (χ1) is 11.3. The molecular formula is C15H22N4O5. The molecule has 1 saturated heterocycles. The third-order valence-electron chi connectivity index (χ3n) is 4.03. The summed E-state index contributed by atoms with van der Waals surface area (Å²) >= 11 is 0. The standard InChI is InChI=1S/C15H22N4O5/c1-8-12(24-15(3,4)23-8)10(5-20)22-9(2)19-7-18-11-13(19)16-6-17-14(11)21/h6-10,12,20H,5H2,1-4H3,(H,16,17,21)/t8?,9?,10-,12?/m1/s1. The fourth-order valence-corrected chi connectivity index (χ4v) is 3.02. The Kier molecular flexibility index (Phi) is 4.43. The minimum atomic E-state index is -0.722. The summed E-state index contributed by atoms with van der Waals surface area (Å²) in [6.45, 7) is 7.09. The predicted molar refractivity (Wildman–Crippen MR) is 84.3 cm³/mol. The summed E-state index contributed by atoms with van der Waals surface area (Å²) in [6, 6.07) is 0. The van der Waals surface area contributed by atoms with E-state index < -0.39 is 24.2 Å². The molecule has 0 aromatic carbocycles. The Balaban J connectivity index is 1.81. The van der Waals surface area contributed by atoms with Gasteiger partial charge in [-0.05, 0) is 27.7 Å². The summed E-state index contributed by atoms with van der Waals surface area (Å²) < 4.78 is 19.1. The van der Waals surface area contributed by atoms with Crippen LogP contribution < -0.4 is 5.56 Å². The molecule has 0 radical (unpaired) electrons. The van der Waals surface area contributed by atoms with Crippen molar-refractivity contribution in [2.45, 2.75) is 58.0 Å². The van der Waals surface area contributed by atoms with Crippen LogP contribution >= 0.6 is 0 Å². The fourth-order valence-electron chi connectivity index (χ4n) is 3.02. The first kappa shape index (κ1) is 17.0. The molecule has 1 fully saturated rings. The van der Waals surface area contributed by atoms with Crippen molar-refractivity contribution in [1.29, 1.82) is 0 Å². The van der Waals surface area contributed by atoms with Gasteiger partial charge in [-0.15, -0.1) is 0 Å². The van der Waals surface area contributed by atoms with E-state index in [2.05, 4.69) is 15.0 Å². The summed E-state index contributed by atoms with van der Waals surface area (Å²) in [6.07, 6.45) is 1.10. The quantitative estimate of drug-likeness (QED) is 0.819. The Bertz CT molecular complexity index is 771. The Morgan fingerprint density at radius 1 is 1.46 bits per heavy atom. The van der Waals surface area contributed by atoms with Crippen molar-refractivity contribution < 1.29 is 19.3 Å². The van der Waals surface area contributed by atoms with E-state index in [-0.39, 0.29) is 23.8 Å². The average Bonchev–Trinajstić information content (AvgIpc) is 3.06. The van der Waals surface area contributed by atoms with Crippen molar-refractivity contribution in [3.8, 4) is 0 Å². The van der Waals surface area contributed by atoms with E-state index in [0.717, 1.165) is 0 Å². The zero-order valence-corrected chi connectivity index (χ0v) is 14.1. The largest absolute Gasteiger partial charge is 0.394 e. The number of ether oxygens (including phenoxy) is 3. The second-order valence-electron chi connectivity index (χ2n) is 6.32. The van der Waals surface area contributed by atoms with E-state index in [9.17, 15) is 9.90 Å². The lowest BCUT2D eigenvalue weighted by atomic mass is 10.1. The minimum Gasteiger partial charge on any atom is -0.394 e. The number of aromatic amines is 1. The number of aliphatic hydroxyl groups is 1. The molecule has 3 rings (SSSR count). The Labute approximate surface area is 138 Å². The van der Waals surface area contributed by atoms with Crippen molar-refractivity contribution in [2.24, 2.45) is 0 Å². The number of hydrogen-bond donors (Lipinski definition) is 2. The zero-order chi connectivity index (χ0) is 17.5. The van der Waals surface area contributed by atoms with Gasteiger partial charge in [0.05, 0.1) is 25.4 Å². The highest BCUT2D eigenvalue weighted by Crippen LogP contribution is 2.31. The number of imidazole rings is 1. The van der Waals surface area contributed by atoms with Crippen LogP contribution in [0.25, 0.3) is 11.2 Å². The summed E-state index contributed by atoms with van der Waals surface area (Å²) in [7, 11) is 0. The van der Waals surface area contributed by atoms with Crippen LogP contribution in [0.3, 0.4) is 0 Å². The second-order valence-corrected chi connectivity index (χ2v) is 6.32. The highest BCUT2D eigenvalue weighted by atomic mass is 16.8. The highest BCUT2D eigenvalue weighted by molar-refractivity contribution is 5.68. The topological polar surface area (TPSA) is 111 Å². The van der Waals surface area contributed by atoms with Gasteiger partial charge in [0.1, 0.15) is 18.4 Å². The van der Waals surface area contributed by atoms with Gasteiger partial charge in [-0.1, -0.05) is 0 Å². The molecule has 24 heavy (non-hydrogen) atoms. The molecule has 132 valence electrons. The number of nitrogens with one attached hydrogen (secondary N) is 1. The average molecular weight is 338 g/mol. The molecule has 4 atom stereocenters. The molecule has 0 saturated carbocycles. The number of aliphatic hydroxyl groups excluding tert-OH is 1. The highest BCUT2D eigenvalue weighted by Gasteiger charge is 2.43. The van der Waals surface area contributed by atoms with Crippen molar-refractivity contribution in [1.82, 2.24) is 19.5 Å². The maximum Gasteiger partial charge on any atom is 0.278 e. The maximum absolute atomic E-state index is 11.7. The molecule has 1 aliphatic heterocycles. The summed E-state index contributed by atoms with van der Waals surface area (Å²) in [5, 5.41) is 9.72. The number of aromatic nitrogens is 4. The lowest BCUT2D eigenvalue weighted by Crippen LogP contribution is -2.40. The fraction of sp³-hybridized carbons (Fsp3) is 0.667. The predicted octanol–water partition coefficient (Wildman–Crippen LogP) is 0.556. The van der Waals surface area contributed by atoms with Crippen LogP contribution in [0.4, 0.5) is 0 Å². The third-order valence-corrected chi connectivity index (χ3v) is 4.03. The molecule has 2 aromatic heterocycles. The Morgan fingerprint density at radius 2 is 2.21 bits per heavy atom. The SMILES string of the molecule is CC1OC(C)(C)OC1[C@@H](CO)OC(C)n1cnc2c(=O)[nH]cnc21. The smallest absolute Gasteiger partial charge is 0.278 e. The van der Waals surface area contributed by atoms with Crippen LogP contribution in [0, 0.1) is 0 Å². The number of H-pyrrole nitrogens is 1. The summed E-state index contributed by atoms with van der Waals surface area (Å²) in [5.41, 5.74) is 0.343. The van der Waals surface area contributed by atoms with Crippen molar-refractivity contribution >= 4 is 11.2 Å². The molecule has 1 aliphatic rings. The van der Waals surface area contributed by atoms with Crippen LogP contribution in [0.5, 0.6) is 0 Å². The van der Waals surface area contributed by atoms with Gasteiger partial charge in [-0.3, -0.25) is 9.36 Å². The lowest BCUT2D eigenvalue weighted by Gasteiger charge is -2.27. The number of fused-ring (bicyclic) bond motifs is 1. The van der Waals surface area contributed by atoms with Gasteiger partial charge in [0.2, 0.25) is 0 Å². The number of rotatable bonds is 5. The molecule has 9 nitrogen and oxygen atoms in total. The van der Waals surface area contributed by atoms with Gasteiger partial charge in [0.25, 0.3) is 5.56 Å². The van der Waals surface area contributed by atoms with Crippen LogP contribution in [0.15, 0.2) is 17.4 Å². The number of hydrogen-bond acceptors (Lipinski definition) is 7. The molecule has 0 spiro atoms.